The van der Waals surface area contributed by atoms with Crippen molar-refractivity contribution in [3.8, 4) is 0 Å². The molecule has 15 heavy (non-hydrogen) atoms. The summed E-state index contributed by atoms with van der Waals surface area (Å²) in [6.45, 7) is 2.63. The molecule has 0 spiro atoms. The molecule has 2 nitrogen and oxygen atoms in total. The Labute approximate surface area is 95.6 Å². The fraction of sp³-hybridized carbons (Fsp3) is 0.500. The molecule has 1 saturated heterocycles. The number of rotatable bonds is 3. The summed E-state index contributed by atoms with van der Waals surface area (Å²) in [5.74, 6) is 0. The van der Waals surface area contributed by atoms with Crippen molar-refractivity contribution in [3.63, 3.8) is 0 Å². The summed E-state index contributed by atoms with van der Waals surface area (Å²) in [5, 5.41) is 4.31. The lowest BCUT2D eigenvalue weighted by atomic mass is 10.1. The molecule has 1 atom stereocenters. The fourth-order valence-corrected chi connectivity index (χ4v) is 2.07. The Morgan fingerprint density at radius 1 is 1.40 bits per heavy atom. The zero-order valence-electron chi connectivity index (χ0n) is 8.71. The molecule has 1 aromatic rings. The van der Waals surface area contributed by atoms with Gasteiger partial charge < -0.3 is 10.1 Å². The Balaban J connectivity index is 1.84. The van der Waals surface area contributed by atoms with E-state index in [1.807, 2.05) is 18.2 Å². The summed E-state index contributed by atoms with van der Waals surface area (Å²) in [7, 11) is 0. The third-order valence-electron chi connectivity index (χ3n) is 2.72. The number of hydrogen-bond donors (Lipinski definition) is 1. The summed E-state index contributed by atoms with van der Waals surface area (Å²) >= 11 is 6.09. The fourth-order valence-electron chi connectivity index (χ4n) is 1.84. The van der Waals surface area contributed by atoms with E-state index in [-0.39, 0.29) is 0 Å². The minimum atomic E-state index is 0.482. The van der Waals surface area contributed by atoms with E-state index >= 15 is 0 Å². The van der Waals surface area contributed by atoms with Gasteiger partial charge in [0.2, 0.25) is 0 Å². The number of hydrogen-bond acceptors (Lipinski definition) is 2. The molecule has 2 rings (SSSR count). The van der Waals surface area contributed by atoms with Gasteiger partial charge in [0.1, 0.15) is 0 Å². The summed E-state index contributed by atoms with van der Waals surface area (Å²) in [6, 6.07) is 8.52. The van der Waals surface area contributed by atoms with Crippen molar-refractivity contribution >= 4 is 11.6 Å². The van der Waals surface area contributed by atoms with Gasteiger partial charge in [-0.05, 0) is 24.5 Å². The van der Waals surface area contributed by atoms with Crippen molar-refractivity contribution in [3.05, 3.63) is 34.9 Å². The minimum Gasteiger partial charge on any atom is -0.379 e. The van der Waals surface area contributed by atoms with Gasteiger partial charge in [0.15, 0.2) is 0 Å². The summed E-state index contributed by atoms with van der Waals surface area (Å²) in [6.07, 6.45) is 2.10. The zero-order valence-corrected chi connectivity index (χ0v) is 9.46. The van der Waals surface area contributed by atoms with Gasteiger partial charge in [0.05, 0.1) is 13.2 Å². The zero-order chi connectivity index (χ0) is 10.5. The molecule has 1 fully saturated rings. The molecule has 0 bridgehead atoms. The Morgan fingerprint density at radius 3 is 3.00 bits per heavy atom. The van der Waals surface area contributed by atoms with Crippen molar-refractivity contribution in [2.24, 2.45) is 0 Å². The van der Waals surface area contributed by atoms with E-state index in [9.17, 15) is 0 Å². The molecule has 1 aliphatic heterocycles. The maximum Gasteiger partial charge on any atom is 0.0620 e. The lowest BCUT2D eigenvalue weighted by Crippen LogP contribution is -2.41. The second-order valence-corrected chi connectivity index (χ2v) is 4.26. The SMILES string of the molecule is Clc1ccccc1CCC1COCCN1. The maximum absolute atomic E-state index is 6.09. The highest BCUT2D eigenvalue weighted by atomic mass is 35.5. The van der Waals surface area contributed by atoms with Crippen molar-refractivity contribution < 1.29 is 4.74 Å². The molecule has 82 valence electrons. The Morgan fingerprint density at radius 2 is 2.27 bits per heavy atom. The number of nitrogens with one attached hydrogen (secondary N) is 1. The average molecular weight is 226 g/mol. The van der Waals surface area contributed by atoms with Gasteiger partial charge in [-0.3, -0.25) is 0 Å². The number of morpholine rings is 1. The van der Waals surface area contributed by atoms with E-state index in [1.165, 1.54) is 5.56 Å². The van der Waals surface area contributed by atoms with Gasteiger partial charge in [-0.25, -0.2) is 0 Å². The third-order valence-corrected chi connectivity index (χ3v) is 3.09. The van der Waals surface area contributed by atoms with Crippen LogP contribution in [-0.4, -0.2) is 25.8 Å². The molecule has 1 aromatic carbocycles. The van der Waals surface area contributed by atoms with Crippen LogP contribution >= 0.6 is 11.6 Å². The van der Waals surface area contributed by atoms with Crippen LogP contribution in [0.3, 0.4) is 0 Å². The smallest absolute Gasteiger partial charge is 0.0620 e. The van der Waals surface area contributed by atoms with Crippen molar-refractivity contribution in [2.75, 3.05) is 19.8 Å². The first-order chi connectivity index (χ1) is 7.36. The molecular formula is C12H16ClNO. The lowest BCUT2D eigenvalue weighted by Gasteiger charge is -2.23. The highest BCUT2D eigenvalue weighted by Crippen LogP contribution is 2.17. The Bertz CT molecular complexity index is 310. The van der Waals surface area contributed by atoms with Crippen LogP contribution in [0.5, 0.6) is 0 Å². The second-order valence-electron chi connectivity index (χ2n) is 3.86. The number of benzene rings is 1. The molecule has 0 saturated carbocycles. The predicted octanol–water partition coefficient (Wildman–Crippen LogP) is 2.26. The maximum atomic E-state index is 6.09. The van der Waals surface area contributed by atoms with Crippen LogP contribution < -0.4 is 5.32 Å². The monoisotopic (exact) mass is 225 g/mol. The molecule has 0 aliphatic carbocycles. The minimum absolute atomic E-state index is 0.482. The topological polar surface area (TPSA) is 21.3 Å². The number of aryl methyl sites for hydroxylation is 1. The third kappa shape index (κ3) is 3.20. The molecule has 0 aromatic heterocycles. The summed E-state index contributed by atoms with van der Waals surface area (Å²) in [5.41, 5.74) is 1.23. The first kappa shape index (κ1) is 10.9. The largest absolute Gasteiger partial charge is 0.379 e. The number of ether oxygens (including phenoxy) is 1. The molecule has 1 N–H and O–H groups in total. The van der Waals surface area contributed by atoms with Gasteiger partial charge in [-0.2, -0.15) is 0 Å². The molecular weight excluding hydrogens is 210 g/mol. The highest BCUT2D eigenvalue weighted by molar-refractivity contribution is 6.31. The van der Waals surface area contributed by atoms with Crippen molar-refractivity contribution in [2.45, 2.75) is 18.9 Å². The highest BCUT2D eigenvalue weighted by Gasteiger charge is 2.12. The Hall–Kier alpha value is -0.570. The van der Waals surface area contributed by atoms with Crippen LogP contribution in [0.4, 0.5) is 0 Å². The van der Waals surface area contributed by atoms with E-state index < -0.39 is 0 Å². The van der Waals surface area contributed by atoms with Crippen LogP contribution in [0.1, 0.15) is 12.0 Å². The van der Waals surface area contributed by atoms with Gasteiger partial charge >= 0.3 is 0 Å². The van der Waals surface area contributed by atoms with Crippen LogP contribution in [0.15, 0.2) is 24.3 Å². The Kier molecular flexibility index (Phi) is 4.01. The van der Waals surface area contributed by atoms with Gasteiger partial charge in [-0.1, -0.05) is 29.8 Å². The van der Waals surface area contributed by atoms with E-state index in [1.54, 1.807) is 0 Å². The molecule has 3 heteroatoms. The lowest BCUT2D eigenvalue weighted by molar-refractivity contribution is 0.0743. The van der Waals surface area contributed by atoms with Crippen LogP contribution in [-0.2, 0) is 11.2 Å². The van der Waals surface area contributed by atoms with E-state index in [4.69, 9.17) is 16.3 Å². The summed E-state index contributed by atoms with van der Waals surface area (Å²) < 4.78 is 5.41. The molecule has 1 unspecified atom stereocenters. The van der Waals surface area contributed by atoms with Crippen molar-refractivity contribution in [1.29, 1.82) is 0 Å². The second kappa shape index (κ2) is 5.50. The normalized spacial score (nSPS) is 21.5. The molecule has 1 heterocycles. The van der Waals surface area contributed by atoms with E-state index in [2.05, 4.69) is 11.4 Å². The molecule has 1 aliphatic rings. The van der Waals surface area contributed by atoms with Crippen LogP contribution in [0.25, 0.3) is 0 Å². The van der Waals surface area contributed by atoms with Gasteiger partial charge in [-0.15, -0.1) is 0 Å². The van der Waals surface area contributed by atoms with Gasteiger partial charge in [0, 0.05) is 17.6 Å². The number of halogens is 1. The first-order valence-corrected chi connectivity index (χ1v) is 5.78. The molecule has 0 amide bonds. The van der Waals surface area contributed by atoms with Crippen molar-refractivity contribution in [1.82, 2.24) is 5.32 Å². The molecule has 0 radical (unpaired) electrons. The standard InChI is InChI=1S/C12H16ClNO/c13-12-4-2-1-3-10(12)5-6-11-9-15-8-7-14-11/h1-4,11,14H,5-9H2. The van der Waals surface area contributed by atoms with E-state index in [0.29, 0.717) is 6.04 Å². The average Bonchev–Trinajstić information content (AvgIpc) is 2.29. The summed E-state index contributed by atoms with van der Waals surface area (Å²) in [4.78, 5) is 0. The van der Waals surface area contributed by atoms with E-state index in [0.717, 1.165) is 37.6 Å². The van der Waals surface area contributed by atoms with Crippen LogP contribution in [0, 0.1) is 0 Å². The predicted molar refractivity (Wildman–Crippen MR) is 62.4 cm³/mol. The quantitative estimate of drug-likeness (QED) is 0.852. The van der Waals surface area contributed by atoms with Crippen LogP contribution in [0.2, 0.25) is 5.02 Å². The van der Waals surface area contributed by atoms with Gasteiger partial charge in [0.25, 0.3) is 0 Å². The first-order valence-electron chi connectivity index (χ1n) is 5.41.